The molecule has 2 aromatic carbocycles. The van der Waals surface area contributed by atoms with Crippen LogP contribution in [0.4, 0.5) is 14.5 Å². The number of halogens is 2. The lowest BCUT2D eigenvalue weighted by molar-refractivity contribution is -0.116. The normalized spacial score (nSPS) is 10.8. The molecule has 0 bridgehead atoms. The molecule has 3 rings (SSSR count). The van der Waals surface area contributed by atoms with Crippen molar-refractivity contribution in [3.05, 3.63) is 60.2 Å². The first-order valence-electron chi connectivity index (χ1n) is 8.14. The fourth-order valence-corrected chi connectivity index (χ4v) is 3.23. The first-order valence-corrected chi connectivity index (χ1v) is 9.13. The molecule has 0 saturated carbocycles. The van der Waals surface area contributed by atoms with Crippen LogP contribution in [0.2, 0.25) is 0 Å². The summed E-state index contributed by atoms with van der Waals surface area (Å²) in [7, 11) is 0. The second kappa shape index (κ2) is 8.17. The van der Waals surface area contributed by atoms with E-state index in [0.717, 1.165) is 11.8 Å². The van der Waals surface area contributed by atoms with E-state index < -0.39 is 0 Å². The quantitative estimate of drug-likeness (QED) is 0.518. The second-order valence-electron chi connectivity index (χ2n) is 5.59. The van der Waals surface area contributed by atoms with Gasteiger partial charge in [-0.25, -0.2) is 13.5 Å². The van der Waals surface area contributed by atoms with E-state index in [0.29, 0.717) is 28.8 Å². The molecule has 0 saturated heterocycles. The standard InChI is InChI=1S/C18H17F2N5OS/c1-2-24(15-9-7-14(20)8-10-15)16(26)11-27-18-23-22-17(25(18)21)12-3-5-13(19)6-4-12/h3-10H,2,11,21H2,1H3. The largest absolute Gasteiger partial charge is 0.335 e. The van der Waals surface area contributed by atoms with Gasteiger partial charge in [0, 0.05) is 17.8 Å². The van der Waals surface area contributed by atoms with Crippen LogP contribution in [0.1, 0.15) is 6.92 Å². The lowest BCUT2D eigenvalue weighted by Gasteiger charge is -2.20. The Bertz CT molecular complexity index is 928. The zero-order chi connectivity index (χ0) is 19.4. The Balaban J connectivity index is 1.70. The summed E-state index contributed by atoms with van der Waals surface area (Å²) in [5.41, 5.74) is 1.23. The molecule has 0 atom stereocenters. The van der Waals surface area contributed by atoms with E-state index in [1.54, 1.807) is 29.2 Å². The minimum absolute atomic E-state index is 0.0873. The van der Waals surface area contributed by atoms with Crippen molar-refractivity contribution in [2.24, 2.45) is 0 Å². The third-order valence-corrected chi connectivity index (χ3v) is 4.78. The summed E-state index contributed by atoms with van der Waals surface area (Å²) >= 11 is 1.14. The van der Waals surface area contributed by atoms with Gasteiger partial charge in [-0.2, -0.15) is 0 Å². The Morgan fingerprint density at radius 1 is 1.07 bits per heavy atom. The van der Waals surface area contributed by atoms with Gasteiger partial charge in [-0.05, 0) is 55.5 Å². The van der Waals surface area contributed by atoms with E-state index in [-0.39, 0.29) is 23.3 Å². The van der Waals surface area contributed by atoms with Crippen molar-refractivity contribution >= 4 is 23.4 Å². The Morgan fingerprint density at radius 2 is 1.67 bits per heavy atom. The van der Waals surface area contributed by atoms with E-state index >= 15 is 0 Å². The molecule has 0 radical (unpaired) electrons. The number of anilines is 1. The van der Waals surface area contributed by atoms with Crippen molar-refractivity contribution in [3.8, 4) is 11.4 Å². The van der Waals surface area contributed by atoms with Crippen LogP contribution in [-0.4, -0.2) is 33.1 Å². The topological polar surface area (TPSA) is 77.0 Å². The number of nitrogen functional groups attached to an aromatic ring is 1. The smallest absolute Gasteiger partial charge is 0.237 e. The van der Waals surface area contributed by atoms with Gasteiger partial charge in [0.05, 0.1) is 5.75 Å². The van der Waals surface area contributed by atoms with E-state index in [2.05, 4.69) is 10.2 Å². The fraction of sp³-hybridized carbons (Fsp3) is 0.167. The molecule has 1 heterocycles. The first-order chi connectivity index (χ1) is 13.0. The minimum atomic E-state index is -0.360. The van der Waals surface area contributed by atoms with Crippen LogP contribution in [0, 0.1) is 11.6 Å². The van der Waals surface area contributed by atoms with Crippen LogP contribution >= 0.6 is 11.8 Å². The van der Waals surface area contributed by atoms with Gasteiger partial charge in [0.1, 0.15) is 11.6 Å². The summed E-state index contributed by atoms with van der Waals surface area (Å²) in [6.45, 7) is 2.28. The Labute approximate surface area is 159 Å². The molecule has 3 aromatic rings. The highest BCUT2D eigenvalue weighted by atomic mass is 32.2. The first kappa shape index (κ1) is 18.8. The average molecular weight is 389 g/mol. The molecule has 27 heavy (non-hydrogen) atoms. The summed E-state index contributed by atoms with van der Waals surface area (Å²) in [4.78, 5) is 14.1. The monoisotopic (exact) mass is 389 g/mol. The van der Waals surface area contributed by atoms with E-state index in [1.807, 2.05) is 6.92 Å². The van der Waals surface area contributed by atoms with E-state index in [4.69, 9.17) is 5.84 Å². The molecular formula is C18H17F2N5OS. The predicted molar refractivity (Wildman–Crippen MR) is 101 cm³/mol. The van der Waals surface area contributed by atoms with Gasteiger partial charge in [-0.15, -0.1) is 10.2 Å². The highest BCUT2D eigenvalue weighted by Crippen LogP contribution is 2.23. The van der Waals surface area contributed by atoms with Crippen LogP contribution < -0.4 is 10.7 Å². The highest BCUT2D eigenvalue weighted by molar-refractivity contribution is 7.99. The molecule has 0 fully saturated rings. The van der Waals surface area contributed by atoms with Crippen molar-refractivity contribution < 1.29 is 13.6 Å². The molecule has 140 valence electrons. The van der Waals surface area contributed by atoms with Crippen LogP contribution in [-0.2, 0) is 4.79 Å². The maximum atomic E-state index is 13.1. The number of nitrogens with two attached hydrogens (primary N) is 1. The number of aromatic nitrogens is 3. The summed E-state index contributed by atoms with van der Waals surface area (Å²) in [5, 5.41) is 8.36. The van der Waals surface area contributed by atoms with Crippen molar-refractivity contribution in [1.29, 1.82) is 0 Å². The summed E-state index contributed by atoms with van der Waals surface area (Å²) < 4.78 is 27.4. The van der Waals surface area contributed by atoms with Crippen LogP contribution in [0.25, 0.3) is 11.4 Å². The Kier molecular flexibility index (Phi) is 5.70. The molecule has 0 spiro atoms. The van der Waals surface area contributed by atoms with Crippen molar-refractivity contribution in [2.45, 2.75) is 12.1 Å². The summed E-state index contributed by atoms with van der Waals surface area (Å²) in [5.74, 6) is 5.58. The van der Waals surface area contributed by atoms with Gasteiger partial charge in [0.25, 0.3) is 0 Å². The SMILES string of the molecule is CCN(C(=O)CSc1nnc(-c2ccc(F)cc2)n1N)c1ccc(F)cc1. The predicted octanol–water partition coefficient (Wildman–Crippen LogP) is 3.08. The number of rotatable bonds is 6. The van der Waals surface area contributed by atoms with Gasteiger partial charge in [0.15, 0.2) is 5.82 Å². The third-order valence-electron chi connectivity index (χ3n) is 3.85. The number of thioether (sulfide) groups is 1. The molecule has 0 aliphatic heterocycles. The minimum Gasteiger partial charge on any atom is -0.335 e. The van der Waals surface area contributed by atoms with Crippen LogP contribution in [0.3, 0.4) is 0 Å². The van der Waals surface area contributed by atoms with E-state index in [1.165, 1.54) is 28.9 Å². The number of hydrogen-bond donors (Lipinski definition) is 1. The van der Waals surface area contributed by atoms with Gasteiger partial charge in [0.2, 0.25) is 11.1 Å². The van der Waals surface area contributed by atoms with Gasteiger partial charge >= 0.3 is 0 Å². The molecule has 0 aliphatic rings. The number of nitrogens with zero attached hydrogens (tertiary/aromatic N) is 4. The molecule has 1 aromatic heterocycles. The molecule has 2 N–H and O–H groups in total. The lowest BCUT2D eigenvalue weighted by atomic mass is 10.2. The molecule has 1 amide bonds. The number of carbonyl (C=O) groups excluding carboxylic acids is 1. The van der Waals surface area contributed by atoms with Crippen molar-refractivity contribution in [1.82, 2.24) is 14.9 Å². The lowest BCUT2D eigenvalue weighted by Crippen LogP contribution is -2.32. The summed E-state index contributed by atoms with van der Waals surface area (Å²) in [6.07, 6.45) is 0. The number of amides is 1. The number of carbonyl (C=O) groups is 1. The maximum Gasteiger partial charge on any atom is 0.237 e. The fourth-order valence-electron chi connectivity index (χ4n) is 2.50. The zero-order valence-electron chi connectivity index (χ0n) is 14.5. The molecule has 9 heteroatoms. The Morgan fingerprint density at radius 3 is 2.26 bits per heavy atom. The van der Waals surface area contributed by atoms with Crippen molar-refractivity contribution in [3.63, 3.8) is 0 Å². The molecule has 0 unspecified atom stereocenters. The Hall–Kier alpha value is -2.94. The van der Waals surface area contributed by atoms with Gasteiger partial charge < -0.3 is 10.7 Å². The molecular weight excluding hydrogens is 372 g/mol. The number of benzene rings is 2. The molecule has 0 aliphatic carbocycles. The summed E-state index contributed by atoms with van der Waals surface area (Å²) in [6, 6.07) is 11.4. The highest BCUT2D eigenvalue weighted by Gasteiger charge is 2.18. The van der Waals surface area contributed by atoms with Crippen molar-refractivity contribution in [2.75, 3.05) is 23.0 Å². The third kappa shape index (κ3) is 4.25. The average Bonchev–Trinajstić information content (AvgIpc) is 3.03. The van der Waals surface area contributed by atoms with Crippen LogP contribution in [0.15, 0.2) is 53.7 Å². The number of hydrogen-bond acceptors (Lipinski definition) is 5. The van der Waals surface area contributed by atoms with Crippen LogP contribution in [0.5, 0.6) is 0 Å². The van der Waals surface area contributed by atoms with Gasteiger partial charge in [-0.3, -0.25) is 4.79 Å². The van der Waals surface area contributed by atoms with E-state index in [9.17, 15) is 13.6 Å². The van der Waals surface area contributed by atoms with Gasteiger partial charge in [-0.1, -0.05) is 11.8 Å². The molecule has 6 nitrogen and oxygen atoms in total. The maximum absolute atomic E-state index is 13.1. The zero-order valence-corrected chi connectivity index (χ0v) is 15.3. The second-order valence-corrected chi connectivity index (χ2v) is 6.53.